The second kappa shape index (κ2) is 4.50. The molecular weight excluding hydrogens is 344 g/mol. The van der Waals surface area contributed by atoms with Crippen molar-refractivity contribution in [2.75, 3.05) is 19.7 Å². The highest BCUT2D eigenvalue weighted by Gasteiger charge is 2.72. The van der Waals surface area contributed by atoms with E-state index in [2.05, 4.69) is 11.0 Å². The lowest BCUT2D eigenvalue weighted by Gasteiger charge is -2.58. The minimum atomic E-state index is -0.505. The van der Waals surface area contributed by atoms with Crippen molar-refractivity contribution in [3.63, 3.8) is 0 Å². The zero-order valence-corrected chi connectivity index (χ0v) is 14.9. The molecular formula is C21H20N2O4. The maximum atomic E-state index is 13.2. The average molecular weight is 364 g/mol. The molecule has 6 heteroatoms. The molecule has 5 fully saturated rings. The van der Waals surface area contributed by atoms with Crippen LogP contribution in [0, 0.1) is 17.3 Å². The number of piperidine rings is 2. The van der Waals surface area contributed by atoms with Gasteiger partial charge >= 0.3 is 0 Å². The third-order valence-corrected chi connectivity index (χ3v) is 8.38. The highest BCUT2D eigenvalue weighted by Crippen LogP contribution is 2.68. The molecule has 0 radical (unpaired) electrons. The van der Waals surface area contributed by atoms with Gasteiger partial charge in [0.1, 0.15) is 0 Å². The molecule has 4 saturated heterocycles. The van der Waals surface area contributed by atoms with Crippen molar-refractivity contribution < 1.29 is 19.1 Å². The summed E-state index contributed by atoms with van der Waals surface area (Å²) in [6.07, 6.45) is 7.56. The van der Waals surface area contributed by atoms with E-state index in [0.717, 1.165) is 31.5 Å². The molecule has 0 unspecified atom stereocenters. The first-order valence-electron chi connectivity index (χ1n) is 9.99. The normalized spacial score (nSPS) is 46.7. The molecule has 5 aliphatic heterocycles. The number of ether oxygens (including phenoxy) is 1. The maximum absolute atomic E-state index is 13.2. The molecule has 6 nitrogen and oxygen atoms in total. The molecule has 0 N–H and O–H groups in total. The minimum absolute atomic E-state index is 0.00972. The molecule has 1 spiro atoms. The van der Waals surface area contributed by atoms with E-state index in [1.807, 2.05) is 4.90 Å². The molecule has 7 rings (SSSR count). The van der Waals surface area contributed by atoms with Crippen LogP contribution < -0.4 is 0 Å². The minimum Gasteiger partial charge on any atom is -0.373 e. The van der Waals surface area contributed by atoms with E-state index in [4.69, 9.17) is 4.74 Å². The number of hydrogen-bond acceptors (Lipinski definition) is 5. The molecule has 6 atom stereocenters. The third-order valence-electron chi connectivity index (χ3n) is 8.38. The Morgan fingerprint density at radius 1 is 1.15 bits per heavy atom. The van der Waals surface area contributed by atoms with E-state index in [1.165, 1.54) is 11.6 Å². The van der Waals surface area contributed by atoms with Gasteiger partial charge in [-0.25, -0.2) is 0 Å². The van der Waals surface area contributed by atoms with E-state index >= 15 is 0 Å². The Balaban J connectivity index is 1.54. The molecule has 0 aromatic carbocycles. The van der Waals surface area contributed by atoms with Crippen LogP contribution in [-0.4, -0.2) is 65.2 Å². The summed E-state index contributed by atoms with van der Waals surface area (Å²) in [5.41, 5.74) is 2.90. The van der Waals surface area contributed by atoms with Gasteiger partial charge in [0, 0.05) is 30.0 Å². The van der Waals surface area contributed by atoms with Crippen molar-refractivity contribution in [2.45, 2.75) is 37.5 Å². The predicted octanol–water partition coefficient (Wildman–Crippen LogP) is 0.599. The van der Waals surface area contributed by atoms with Crippen molar-refractivity contribution in [3.8, 4) is 0 Å². The predicted molar refractivity (Wildman–Crippen MR) is 93.3 cm³/mol. The van der Waals surface area contributed by atoms with Crippen molar-refractivity contribution in [2.24, 2.45) is 17.3 Å². The Labute approximate surface area is 156 Å². The number of amides is 1. The largest absolute Gasteiger partial charge is 0.373 e. The molecule has 0 aromatic heterocycles. The van der Waals surface area contributed by atoms with Gasteiger partial charge in [0.2, 0.25) is 17.5 Å². The first-order chi connectivity index (χ1) is 13.1. The summed E-state index contributed by atoms with van der Waals surface area (Å²) in [6, 6.07) is 0.349. The van der Waals surface area contributed by atoms with Crippen LogP contribution in [0.15, 0.2) is 35.1 Å². The maximum Gasteiger partial charge on any atom is 0.229 e. The van der Waals surface area contributed by atoms with Gasteiger partial charge in [0.05, 0.1) is 30.9 Å². The fraction of sp³-hybridized carbons (Fsp3) is 0.571. The Morgan fingerprint density at radius 3 is 2.89 bits per heavy atom. The molecule has 138 valence electrons. The van der Waals surface area contributed by atoms with Crippen molar-refractivity contribution >= 4 is 17.5 Å². The van der Waals surface area contributed by atoms with E-state index in [9.17, 15) is 14.4 Å². The van der Waals surface area contributed by atoms with Gasteiger partial charge in [0.15, 0.2) is 0 Å². The zero-order chi connectivity index (χ0) is 18.1. The number of carbonyl (C=O) groups is 3. The monoisotopic (exact) mass is 364 g/mol. The first-order valence-corrected chi connectivity index (χ1v) is 9.99. The van der Waals surface area contributed by atoms with Crippen LogP contribution in [0.25, 0.3) is 0 Å². The van der Waals surface area contributed by atoms with Crippen LogP contribution in [0.2, 0.25) is 0 Å². The van der Waals surface area contributed by atoms with Crippen LogP contribution in [0.1, 0.15) is 19.3 Å². The number of hydrogen-bond donors (Lipinski definition) is 0. The lowest BCUT2D eigenvalue weighted by Crippen LogP contribution is -2.66. The highest BCUT2D eigenvalue weighted by molar-refractivity contribution is 6.47. The van der Waals surface area contributed by atoms with E-state index in [0.29, 0.717) is 30.7 Å². The Bertz CT molecular complexity index is 946. The summed E-state index contributed by atoms with van der Waals surface area (Å²) in [4.78, 5) is 42.1. The number of allylic oxidation sites excluding steroid dienone is 3. The molecule has 1 saturated carbocycles. The van der Waals surface area contributed by atoms with Crippen molar-refractivity contribution in [3.05, 3.63) is 35.1 Å². The van der Waals surface area contributed by atoms with Gasteiger partial charge in [-0.15, -0.1) is 0 Å². The van der Waals surface area contributed by atoms with E-state index in [1.54, 1.807) is 6.08 Å². The smallest absolute Gasteiger partial charge is 0.229 e. The molecule has 2 aliphatic carbocycles. The van der Waals surface area contributed by atoms with Crippen LogP contribution >= 0.6 is 0 Å². The number of rotatable bonds is 0. The molecule has 27 heavy (non-hydrogen) atoms. The van der Waals surface area contributed by atoms with Crippen molar-refractivity contribution in [1.82, 2.24) is 9.80 Å². The summed E-state index contributed by atoms with van der Waals surface area (Å²) in [7, 11) is 0. The SMILES string of the molecule is O=C1C=C2C(=CC1=O)[C@]13CCN4CC5=CCO[C@@H]6CC(=O)N2[C@H]1[C@@H]6[C@H]5C[C@H]43. The molecule has 1 amide bonds. The van der Waals surface area contributed by atoms with Gasteiger partial charge in [-0.1, -0.05) is 11.6 Å². The quantitative estimate of drug-likeness (QED) is 0.358. The zero-order valence-electron chi connectivity index (χ0n) is 14.9. The number of carbonyl (C=O) groups excluding carboxylic acids is 3. The van der Waals surface area contributed by atoms with Crippen LogP contribution in [0.5, 0.6) is 0 Å². The highest BCUT2D eigenvalue weighted by atomic mass is 16.5. The molecule has 7 aliphatic rings. The van der Waals surface area contributed by atoms with Crippen molar-refractivity contribution in [1.29, 1.82) is 0 Å². The van der Waals surface area contributed by atoms with Crippen LogP contribution in [0.4, 0.5) is 0 Å². The second-order valence-electron chi connectivity index (χ2n) is 9.08. The fourth-order valence-corrected chi connectivity index (χ4v) is 7.55. The first kappa shape index (κ1) is 14.9. The van der Waals surface area contributed by atoms with E-state index in [-0.39, 0.29) is 29.4 Å². The van der Waals surface area contributed by atoms with Gasteiger partial charge in [-0.05, 0) is 37.0 Å². The standard InChI is InChI=1S/C21H20N2O4/c24-14-6-12-13(7-15(14)25)23-18(26)8-16-19-11-5-17-21(12,20(19)23)2-3-22(17)9-10(11)1-4-27-16/h1,6-7,11,16-17,19-20H,2-5,8-9H2/t11-,16+,17-,19+,20-,21-/m0/s1. The third kappa shape index (κ3) is 1.49. The van der Waals surface area contributed by atoms with Gasteiger partial charge in [0.25, 0.3) is 0 Å². The Kier molecular flexibility index (Phi) is 2.49. The summed E-state index contributed by atoms with van der Waals surface area (Å²) in [5.74, 6) is -0.210. The number of nitrogens with zero attached hydrogens (tertiary/aromatic N) is 2. The topological polar surface area (TPSA) is 66.9 Å². The average Bonchev–Trinajstić information content (AvgIpc) is 3.10. The van der Waals surface area contributed by atoms with Crippen LogP contribution in [0.3, 0.4) is 0 Å². The fourth-order valence-electron chi connectivity index (χ4n) is 7.55. The summed E-state index contributed by atoms with van der Waals surface area (Å²) < 4.78 is 6.17. The summed E-state index contributed by atoms with van der Waals surface area (Å²) in [5, 5.41) is 0. The van der Waals surface area contributed by atoms with E-state index < -0.39 is 11.6 Å². The summed E-state index contributed by atoms with van der Waals surface area (Å²) >= 11 is 0. The molecule has 2 bridgehead atoms. The van der Waals surface area contributed by atoms with Crippen LogP contribution in [-0.2, 0) is 19.1 Å². The Hall–Kier alpha value is -2.05. The molecule has 5 heterocycles. The number of ketones is 2. The Morgan fingerprint density at radius 2 is 2.00 bits per heavy atom. The lowest BCUT2D eigenvalue weighted by atomic mass is 9.53. The molecule has 0 aromatic rings. The lowest BCUT2D eigenvalue weighted by molar-refractivity contribution is -0.156. The van der Waals surface area contributed by atoms with Gasteiger partial charge in [-0.3, -0.25) is 19.3 Å². The van der Waals surface area contributed by atoms with Gasteiger partial charge in [-0.2, -0.15) is 0 Å². The number of fused-ring (bicyclic) bond motifs is 2. The second-order valence-corrected chi connectivity index (χ2v) is 9.08. The van der Waals surface area contributed by atoms with Gasteiger partial charge < -0.3 is 9.64 Å². The summed E-state index contributed by atoms with van der Waals surface area (Å²) in [6.45, 7) is 2.54.